The highest BCUT2D eigenvalue weighted by atomic mass is 127. The first-order valence-corrected chi connectivity index (χ1v) is 11.1. The summed E-state index contributed by atoms with van der Waals surface area (Å²) in [5.74, 6) is 0.163. The van der Waals surface area contributed by atoms with Crippen LogP contribution >= 0.6 is 22.6 Å². The number of nitrogens with one attached hydrogen (secondary N) is 1. The van der Waals surface area contributed by atoms with Crippen LogP contribution in [-0.4, -0.2) is 38.3 Å². The van der Waals surface area contributed by atoms with Crippen molar-refractivity contribution in [3.8, 4) is 5.75 Å². The van der Waals surface area contributed by atoms with Gasteiger partial charge in [-0.1, -0.05) is 6.07 Å². The second kappa shape index (κ2) is 8.15. The van der Waals surface area contributed by atoms with Gasteiger partial charge in [0.25, 0.3) is 0 Å². The molecule has 144 valence electrons. The maximum absolute atomic E-state index is 13.2. The first kappa shape index (κ1) is 20.1. The van der Waals surface area contributed by atoms with E-state index in [4.69, 9.17) is 4.74 Å². The second-order valence-corrected chi connectivity index (χ2v) is 9.51. The summed E-state index contributed by atoms with van der Waals surface area (Å²) >= 11 is 2.19. The van der Waals surface area contributed by atoms with E-state index in [1.54, 1.807) is 31.2 Å². The van der Waals surface area contributed by atoms with Crippen LogP contribution < -0.4 is 10.1 Å². The SMILES string of the molecule is COc1ccc(C)c(S(=O)(=O)N2CCC[C@H]2C(=O)Nc2ccc(I)cc2)c1. The van der Waals surface area contributed by atoms with Crippen molar-refractivity contribution in [2.24, 2.45) is 0 Å². The average molecular weight is 500 g/mol. The Labute approximate surface area is 173 Å². The maximum atomic E-state index is 13.2. The van der Waals surface area contributed by atoms with E-state index in [9.17, 15) is 13.2 Å². The minimum Gasteiger partial charge on any atom is -0.497 e. The Balaban J connectivity index is 1.86. The van der Waals surface area contributed by atoms with Gasteiger partial charge in [-0.15, -0.1) is 0 Å². The van der Waals surface area contributed by atoms with Gasteiger partial charge in [-0.2, -0.15) is 4.31 Å². The zero-order chi connectivity index (χ0) is 19.6. The number of amides is 1. The number of carbonyl (C=O) groups is 1. The quantitative estimate of drug-likeness (QED) is 0.639. The van der Waals surface area contributed by atoms with E-state index in [0.717, 1.165) is 3.57 Å². The molecule has 3 rings (SSSR count). The zero-order valence-corrected chi connectivity index (χ0v) is 18.1. The van der Waals surface area contributed by atoms with Crippen molar-refractivity contribution >= 4 is 44.2 Å². The summed E-state index contributed by atoms with van der Waals surface area (Å²) in [6, 6.07) is 11.6. The number of methoxy groups -OCH3 is 1. The highest BCUT2D eigenvalue weighted by Crippen LogP contribution is 2.30. The van der Waals surface area contributed by atoms with Gasteiger partial charge in [0.05, 0.1) is 12.0 Å². The molecule has 8 heteroatoms. The van der Waals surface area contributed by atoms with E-state index in [1.165, 1.54) is 17.5 Å². The van der Waals surface area contributed by atoms with Gasteiger partial charge in [0, 0.05) is 21.9 Å². The van der Waals surface area contributed by atoms with E-state index >= 15 is 0 Å². The van der Waals surface area contributed by atoms with E-state index in [1.807, 2.05) is 12.1 Å². The van der Waals surface area contributed by atoms with Gasteiger partial charge in [0.1, 0.15) is 11.8 Å². The molecule has 1 N–H and O–H groups in total. The summed E-state index contributed by atoms with van der Waals surface area (Å²) < 4.78 is 34.0. The molecule has 0 saturated carbocycles. The summed E-state index contributed by atoms with van der Waals surface area (Å²) in [7, 11) is -2.31. The van der Waals surface area contributed by atoms with Gasteiger partial charge >= 0.3 is 0 Å². The maximum Gasteiger partial charge on any atom is 0.244 e. The van der Waals surface area contributed by atoms with E-state index in [2.05, 4.69) is 27.9 Å². The monoisotopic (exact) mass is 500 g/mol. The van der Waals surface area contributed by atoms with Crippen LogP contribution in [0.3, 0.4) is 0 Å². The van der Waals surface area contributed by atoms with Gasteiger partial charge in [-0.05, 0) is 78.3 Å². The number of nitrogens with zero attached hydrogens (tertiary/aromatic N) is 1. The van der Waals surface area contributed by atoms with Gasteiger partial charge in [0.15, 0.2) is 0 Å². The number of hydrogen-bond acceptors (Lipinski definition) is 4. The number of rotatable bonds is 5. The standard InChI is InChI=1S/C19H21IN2O4S/c1-13-5-10-16(26-2)12-18(13)27(24,25)22-11-3-4-17(22)19(23)21-15-8-6-14(20)7-9-15/h5-10,12,17H,3-4,11H2,1-2H3,(H,21,23)/t17-/m0/s1. The fourth-order valence-electron chi connectivity index (χ4n) is 3.16. The number of halogens is 1. The number of carbonyl (C=O) groups excluding carboxylic acids is 1. The van der Waals surface area contributed by atoms with Crippen molar-refractivity contribution in [1.29, 1.82) is 0 Å². The highest BCUT2D eigenvalue weighted by Gasteiger charge is 2.40. The Morgan fingerprint density at radius 3 is 2.59 bits per heavy atom. The minimum absolute atomic E-state index is 0.177. The summed E-state index contributed by atoms with van der Waals surface area (Å²) in [4.78, 5) is 12.9. The molecule has 2 aromatic carbocycles. The topological polar surface area (TPSA) is 75.7 Å². The Bertz CT molecular complexity index is 945. The van der Waals surface area contributed by atoms with Crippen LogP contribution in [0.1, 0.15) is 18.4 Å². The molecule has 1 aliphatic rings. The molecule has 1 atom stereocenters. The van der Waals surface area contributed by atoms with Crippen LogP contribution in [0.5, 0.6) is 5.75 Å². The number of hydrogen-bond donors (Lipinski definition) is 1. The van der Waals surface area contributed by atoms with Crippen LogP contribution in [0, 0.1) is 10.5 Å². The van der Waals surface area contributed by atoms with Crippen molar-refractivity contribution in [2.45, 2.75) is 30.7 Å². The third-order valence-electron chi connectivity index (χ3n) is 4.60. The number of benzene rings is 2. The molecule has 1 fully saturated rings. The lowest BCUT2D eigenvalue weighted by Crippen LogP contribution is -2.43. The summed E-state index contributed by atoms with van der Waals surface area (Å²) in [5, 5.41) is 2.83. The number of sulfonamides is 1. The molecule has 1 saturated heterocycles. The fourth-order valence-corrected chi connectivity index (χ4v) is 5.42. The van der Waals surface area contributed by atoms with Crippen molar-refractivity contribution in [3.05, 3.63) is 51.6 Å². The van der Waals surface area contributed by atoms with Gasteiger partial charge < -0.3 is 10.1 Å². The molecule has 1 heterocycles. The fraction of sp³-hybridized carbons (Fsp3) is 0.316. The first-order chi connectivity index (χ1) is 12.8. The van der Waals surface area contributed by atoms with Crippen molar-refractivity contribution < 1.29 is 17.9 Å². The molecule has 0 unspecified atom stereocenters. The lowest BCUT2D eigenvalue weighted by molar-refractivity contribution is -0.119. The van der Waals surface area contributed by atoms with E-state index in [-0.39, 0.29) is 10.8 Å². The Morgan fingerprint density at radius 2 is 1.93 bits per heavy atom. The van der Waals surface area contributed by atoms with Crippen molar-refractivity contribution in [2.75, 3.05) is 19.0 Å². The molecule has 0 bridgehead atoms. The Hall–Kier alpha value is -1.65. The summed E-state index contributed by atoms with van der Waals surface area (Å²) in [6.45, 7) is 2.06. The third kappa shape index (κ3) is 4.27. The Morgan fingerprint density at radius 1 is 1.22 bits per heavy atom. The molecular weight excluding hydrogens is 479 g/mol. The second-order valence-electron chi connectivity index (χ2n) is 6.40. The molecule has 0 aliphatic carbocycles. The van der Waals surface area contributed by atoms with Crippen LogP contribution in [0.4, 0.5) is 5.69 Å². The van der Waals surface area contributed by atoms with Crippen molar-refractivity contribution in [1.82, 2.24) is 4.31 Å². The van der Waals surface area contributed by atoms with Gasteiger partial charge in [-0.25, -0.2) is 8.42 Å². The van der Waals surface area contributed by atoms with E-state index in [0.29, 0.717) is 36.4 Å². The molecule has 1 amide bonds. The van der Waals surface area contributed by atoms with Crippen LogP contribution in [-0.2, 0) is 14.8 Å². The highest BCUT2D eigenvalue weighted by molar-refractivity contribution is 14.1. The predicted octanol–water partition coefficient (Wildman–Crippen LogP) is 3.40. The summed E-state index contributed by atoms with van der Waals surface area (Å²) in [5.41, 5.74) is 1.28. The lowest BCUT2D eigenvalue weighted by atomic mass is 10.2. The minimum atomic E-state index is -3.80. The first-order valence-electron chi connectivity index (χ1n) is 8.56. The summed E-state index contributed by atoms with van der Waals surface area (Å²) in [6.07, 6.45) is 1.14. The molecule has 6 nitrogen and oxygen atoms in total. The molecule has 2 aromatic rings. The number of aryl methyl sites for hydroxylation is 1. The molecule has 27 heavy (non-hydrogen) atoms. The lowest BCUT2D eigenvalue weighted by Gasteiger charge is -2.24. The molecular formula is C19H21IN2O4S. The largest absolute Gasteiger partial charge is 0.497 e. The smallest absolute Gasteiger partial charge is 0.244 e. The Kier molecular flexibility index (Phi) is 6.07. The number of ether oxygens (including phenoxy) is 1. The van der Waals surface area contributed by atoms with Crippen LogP contribution in [0.15, 0.2) is 47.4 Å². The predicted molar refractivity (Wildman–Crippen MR) is 112 cm³/mol. The third-order valence-corrected chi connectivity index (χ3v) is 7.37. The average Bonchev–Trinajstić information content (AvgIpc) is 3.15. The van der Waals surface area contributed by atoms with E-state index < -0.39 is 16.1 Å². The van der Waals surface area contributed by atoms with Crippen LogP contribution in [0.25, 0.3) is 0 Å². The zero-order valence-electron chi connectivity index (χ0n) is 15.1. The molecule has 0 radical (unpaired) electrons. The van der Waals surface area contributed by atoms with Crippen LogP contribution in [0.2, 0.25) is 0 Å². The van der Waals surface area contributed by atoms with Gasteiger partial charge in [-0.3, -0.25) is 4.79 Å². The molecule has 0 spiro atoms. The normalized spacial score (nSPS) is 17.7. The van der Waals surface area contributed by atoms with Gasteiger partial charge in [0.2, 0.25) is 15.9 Å². The number of anilines is 1. The molecule has 0 aromatic heterocycles. The van der Waals surface area contributed by atoms with Crippen molar-refractivity contribution in [3.63, 3.8) is 0 Å². The molecule has 1 aliphatic heterocycles.